The van der Waals surface area contributed by atoms with E-state index in [4.69, 9.17) is 0 Å². The fraction of sp³-hybridized carbons (Fsp3) is 0.500. The predicted molar refractivity (Wildman–Crippen MR) is 124 cm³/mol. The molecule has 4 heteroatoms. The molecule has 0 aromatic heterocycles. The van der Waals surface area contributed by atoms with E-state index in [2.05, 4.69) is 79.1 Å². The van der Waals surface area contributed by atoms with E-state index in [1.54, 1.807) is 0 Å². The van der Waals surface area contributed by atoms with Gasteiger partial charge in [-0.3, -0.25) is 9.69 Å². The third-order valence-electron chi connectivity index (χ3n) is 6.54. The lowest BCUT2D eigenvalue weighted by molar-refractivity contribution is -0.128. The minimum absolute atomic E-state index is 0.0235. The lowest BCUT2D eigenvalue weighted by Gasteiger charge is -2.29. The van der Waals surface area contributed by atoms with E-state index < -0.39 is 0 Å². The second-order valence-corrected chi connectivity index (χ2v) is 9.86. The molecule has 0 bridgehead atoms. The Bertz CT molecular complexity index is 861. The summed E-state index contributed by atoms with van der Waals surface area (Å²) >= 11 is 0. The van der Waals surface area contributed by atoms with Crippen molar-refractivity contribution in [3.8, 4) is 0 Å². The first-order valence-electron chi connectivity index (χ1n) is 11.3. The molecule has 0 radical (unpaired) electrons. The second kappa shape index (κ2) is 8.43. The quantitative estimate of drug-likeness (QED) is 0.727. The summed E-state index contributed by atoms with van der Waals surface area (Å²) in [4.78, 5) is 19.4. The number of anilines is 1. The standard InChI is InChI=1S/C26H35N3O/c1-26(2,3)22-11-9-21(10-12-22)25-27(4)19-24(30)29(25)18-15-20-7-13-23(14-8-20)28-16-5-6-17-28/h7-14,25H,5-6,15-19H2,1-4H3. The highest BCUT2D eigenvalue weighted by molar-refractivity contribution is 5.81. The van der Waals surface area contributed by atoms with Crippen LogP contribution in [0.5, 0.6) is 0 Å². The van der Waals surface area contributed by atoms with Crippen molar-refractivity contribution in [3.63, 3.8) is 0 Å². The Kier molecular flexibility index (Phi) is 5.88. The van der Waals surface area contributed by atoms with Crippen molar-refractivity contribution in [2.24, 2.45) is 0 Å². The van der Waals surface area contributed by atoms with E-state index in [0.29, 0.717) is 6.54 Å². The van der Waals surface area contributed by atoms with Crippen LogP contribution in [-0.4, -0.2) is 48.9 Å². The van der Waals surface area contributed by atoms with Crippen molar-refractivity contribution in [1.82, 2.24) is 9.80 Å². The number of carbonyl (C=O) groups excluding carboxylic acids is 1. The van der Waals surface area contributed by atoms with Crippen molar-refractivity contribution >= 4 is 11.6 Å². The number of rotatable bonds is 5. The number of likely N-dealkylation sites (N-methyl/N-ethyl adjacent to an activating group) is 1. The maximum Gasteiger partial charge on any atom is 0.238 e. The number of carbonyl (C=O) groups is 1. The zero-order valence-corrected chi connectivity index (χ0v) is 18.9. The first kappa shape index (κ1) is 20.9. The minimum Gasteiger partial charge on any atom is -0.372 e. The first-order valence-corrected chi connectivity index (χ1v) is 11.3. The monoisotopic (exact) mass is 405 g/mol. The zero-order valence-electron chi connectivity index (χ0n) is 18.9. The molecule has 1 unspecified atom stereocenters. The van der Waals surface area contributed by atoms with Crippen LogP contribution in [0.2, 0.25) is 0 Å². The van der Waals surface area contributed by atoms with Crippen LogP contribution >= 0.6 is 0 Å². The lowest BCUT2D eigenvalue weighted by Crippen LogP contribution is -2.32. The zero-order chi connectivity index (χ0) is 21.3. The highest BCUT2D eigenvalue weighted by Crippen LogP contribution is 2.31. The van der Waals surface area contributed by atoms with Crippen molar-refractivity contribution in [1.29, 1.82) is 0 Å². The van der Waals surface area contributed by atoms with Crippen LogP contribution in [0, 0.1) is 0 Å². The molecular weight excluding hydrogens is 370 g/mol. The Morgan fingerprint density at radius 2 is 1.57 bits per heavy atom. The summed E-state index contributed by atoms with van der Waals surface area (Å²) in [7, 11) is 2.05. The Labute approximate surface area is 181 Å². The molecule has 2 aromatic rings. The van der Waals surface area contributed by atoms with Crippen molar-refractivity contribution in [2.75, 3.05) is 38.1 Å². The van der Waals surface area contributed by atoms with Crippen LogP contribution in [0.15, 0.2) is 48.5 Å². The van der Waals surface area contributed by atoms with Gasteiger partial charge < -0.3 is 9.80 Å². The Morgan fingerprint density at radius 1 is 0.933 bits per heavy atom. The maximum atomic E-state index is 12.7. The fourth-order valence-corrected chi connectivity index (χ4v) is 4.70. The van der Waals surface area contributed by atoms with Crippen LogP contribution in [-0.2, 0) is 16.6 Å². The summed E-state index contributed by atoms with van der Waals surface area (Å²) in [5, 5.41) is 0. The molecule has 2 aliphatic rings. The number of amides is 1. The summed E-state index contributed by atoms with van der Waals surface area (Å²) in [6.07, 6.45) is 3.50. The highest BCUT2D eigenvalue weighted by Gasteiger charge is 2.36. The molecule has 2 aromatic carbocycles. The minimum atomic E-state index is 0.0235. The predicted octanol–water partition coefficient (Wildman–Crippen LogP) is 4.60. The van der Waals surface area contributed by atoms with Crippen molar-refractivity contribution in [2.45, 2.75) is 51.6 Å². The molecule has 1 amide bonds. The Balaban J connectivity index is 1.44. The summed E-state index contributed by atoms with van der Waals surface area (Å²) in [5.41, 5.74) is 5.27. The molecule has 2 heterocycles. The summed E-state index contributed by atoms with van der Waals surface area (Å²) in [6.45, 7) is 10.3. The molecule has 0 N–H and O–H groups in total. The third-order valence-corrected chi connectivity index (χ3v) is 6.54. The van der Waals surface area contributed by atoms with Gasteiger partial charge in [0.15, 0.2) is 0 Å². The van der Waals surface area contributed by atoms with Crippen molar-refractivity contribution < 1.29 is 4.79 Å². The van der Waals surface area contributed by atoms with Gasteiger partial charge in [0.25, 0.3) is 0 Å². The Hall–Kier alpha value is -2.33. The van der Waals surface area contributed by atoms with Gasteiger partial charge >= 0.3 is 0 Å². The van der Waals surface area contributed by atoms with E-state index in [0.717, 1.165) is 13.0 Å². The van der Waals surface area contributed by atoms with Gasteiger partial charge in [-0.05, 0) is 60.5 Å². The Morgan fingerprint density at radius 3 is 2.17 bits per heavy atom. The van der Waals surface area contributed by atoms with E-state index >= 15 is 0 Å². The van der Waals surface area contributed by atoms with E-state index in [1.165, 1.54) is 48.3 Å². The van der Waals surface area contributed by atoms with Crippen LogP contribution in [0.1, 0.15) is 56.5 Å². The van der Waals surface area contributed by atoms with Crippen LogP contribution < -0.4 is 4.90 Å². The second-order valence-electron chi connectivity index (χ2n) is 9.86. The molecule has 160 valence electrons. The van der Waals surface area contributed by atoms with Crippen LogP contribution in [0.4, 0.5) is 5.69 Å². The van der Waals surface area contributed by atoms with E-state index in [1.807, 2.05) is 11.9 Å². The van der Waals surface area contributed by atoms with Gasteiger partial charge in [-0.1, -0.05) is 57.2 Å². The number of nitrogens with zero attached hydrogens (tertiary/aromatic N) is 3. The highest BCUT2D eigenvalue weighted by atomic mass is 16.2. The average Bonchev–Trinajstić information content (AvgIpc) is 3.34. The molecule has 2 fully saturated rings. The molecular formula is C26H35N3O. The van der Waals surface area contributed by atoms with Gasteiger partial charge in [-0.25, -0.2) is 0 Å². The van der Waals surface area contributed by atoms with E-state index in [-0.39, 0.29) is 17.5 Å². The number of hydrogen-bond acceptors (Lipinski definition) is 3. The molecule has 30 heavy (non-hydrogen) atoms. The first-order chi connectivity index (χ1) is 14.3. The third kappa shape index (κ3) is 4.39. The summed E-state index contributed by atoms with van der Waals surface area (Å²) in [6, 6.07) is 17.7. The molecule has 4 nitrogen and oxygen atoms in total. The molecule has 2 saturated heterocycles. The lowest BCUT2D eigenvalue weighted by atomic mass is 9.86. The molecule has 0 saturated carbocycles. The molecule has 0 spiro atoms. The molecule has 2 aliphatic heterocycles. The van der Waals surface area contributed by atoms with Crippen LogP contribution in [0.25, 0.3) is 0 Å². The average molecular weight is 406 g/mol. The normalized spacial score (nSPS) is 20.4. The number of hydrogen-bond donors (Lipinski definition) is 0. The summed E-state index contributed by atoms with van der Waals surface area (Å²) < 4.78 is 0. The van der Waals surface area contributed by atoms with Gasteiger partial charge in [-0.15, -0.1) is 0 Å². The number of benzene rings is 2. The van der Waals surface area contributed by atoms with Gasteiger partial charge in [0.1, 0.15) is 6.17 Å². The maximum absolute atomic E-state index is 12.7. The van der Waals surface area contributed by atoms with Gasteiger partial charge in [0.2, 0.25) is 5.91 Å². The van der Waals surface area contributed by atoms with Crippen molar-refractivity contribution in [3.05, 3.63) is 65.2 Å². The molecule has 4 rings (SSSR count). The smallest absolute Gasteiger partial charge is 0.238 e. The van der Waals surface area contributed by atoms with Gasteiger partial charge in [-0.2, -0.15) is 0 Å². The van der Waals surface area contributed by atoms with E-state index in [9.17, 15) is 4.79 Å². The SMILES string of the molecule is CN1CC(=O)N(CCc2ccc(N3CCCC3)cc2)C1c1ccc(C(C)(C)C)cc1. The summed E-state index contributed by atoms with van der Waals surface area (Å²) in [5.74, 6) is 0.219. The fourth-order valence-electron chi connectivity index (χ4n) is 4.70. The van der Waals surface area contributed by atoms with Gasteiger partial charge in [0.05, 0.1) is 6.54 Å². The van der Waals surface area contributed by atoms with Gasteiger partial charge in [0, 0.05) is 25.3 Å². The molecule has 1 atom stereocenters. The largest absolute Gasteiger partial charge is 0.372 e. The van der Waals surface area contributed by atoms with Crippen LogP contribution in [0.3, 0.4) is 0 Å². The molecule has 0 aliphatic carbocycles. The topological polar surface area (TPSA) is 26.8 Å².